The standard InChI is InChI=1S/C32H32ClFN6O3/c1-6-24(41)38-14-19-15-43-30-29(39(19)13-18(38)5)20-12-21(33)27(25-22(34)8-7-9-23(25)35)37-31(20)40(32(30)42)28-17(4)10-11-36-26(28)16(2)3/h6-12,16,18-19H,1,13-15,35H2,2-5H3. The number of nitrogen functional groups attached to an aromatic ring is 1. The van der Waals surface area contributed by atoms with Gasteiger partial charge < -0.3 is 20.3 Å². The quantitative estimate of drug-likeness (QED) is 0.251. The average molecular weight is 603 g/mol. The van der Waals surface area contributed by atoms with Crippen molar-refractivity contribution >= 4 is 39.9 Å². The number of carbonyl (C=O) groups is 1. The van der Waals surface area contributed by atoms with Crippen LogP contribution in [0.3, 0.4) is 0 Å². The van der Waals surface area contributed by atoms with Crippen LogP contribution in [-0.4, -0.2) is 57.1 Å². The van der Waals surface area contributed by atoms with Crippen molar-refractivity contribution in [2.75, 3.05) is 30.3 Å². The van der Waals surface area contributed by atoms with Gasteiger partial charge in [-0.3, -0.25) is 19.1 Å². The SMILES string of the molecule is C=CC(=O)N1CC2COc3c(c4cc(Cl)c(-c5c(N)cccc5F)nc4n(-c4c(C)ccnc4C(C)C)c3=O)N2CC1C. The number of anilines is 2. The molecule has 2 aliphatic rings. The second-order valence-corrected chi connectivity index (χ2v) is 11.8. The van der Waals surface area contributed by atoms with Gasteiger partial charge in [0.15, 0.2) is 5.65 Å². The zero-order valence-corrected chi connectivity index (χ0v) is 25.2. The fourth-order valence-electron chi connectivity index (χ4n) is 6.18. The lowest BCUT2D eigenvalue weighted by Crippen LogP contribution is -2.62. The van der Waals surface area contributed by atoms with Crippen molar-refractivity contribution in [3.8, 4) is 22.7 Å². The summed E-state index contributed by atoms with van der Waals surface area (Å²) in [6, 6.07) is 7.51. The predicted molar refractivity (Wildman–Crippen MR) is 167 cm³/mol. The summed E-state index contributed by atoms with van der Waals surface area (Å²) < 4.78 is 22.9. The first-order chi connectivity index (χ1) is 20.5. The highest BCUT2D eigenvalue weighted by molar-refractivity contribution is 6.34. The Kier molecular flexibility index (Phi) is 7.12. The zero-order chi connectivity index (χ0) is 30.7. The van der Waals surface area contributed by atoms with Crippen LogP contribution in [0.15, 0.2) is 54.0 Å². The van der Waals surface area contributed by atoms with E-state index >= 15 is 4.39 Å². The molecule has 0 aliphatic carbocycles. The molecule has 3 aromatic heterocycles. The minimum absolute atomic E-state index is 0.0245. The van der Waals surface area contributed by atoms with Crippen LogP contribution in [0.5, 0.6) is 5.75 Å². The van der Waals surface area contributed by atoms with Crippen molar-refractivity contribution in [1.82, 2.24) is 19.4 Å². The Hall–Kier alpha value is -4.44. The Labute approximate surface area is 253 Å². The molecule has 2 atom stereocenters. The smallest absolute Gasteiger partial charge is 0.301 e. The molecule has 0 spiro atoms. The van der Waals surface area contributed by atoms with Gasteiger partial charge in [0.1, 0.15) is 12.4 Å². The van der Waals surface area contributed by atoms with E-state index in [0.29, 0.717) is 35.5 Å². The Morgan fingerprint density at radius 2 is 2.02 bits per heavy atom. The Balaban J connectivity index is 1.70. The summed E-state index contributed by atoms with van der Waals surface area (Å²) in [6.45, 7) is 12.5. The summed E-state index contributed by atoms with van der Waals surface area (Å²) in [5.41, 5.74) is 9.04. The van der Waals surface area contributed by atoms with Crippen LogP contribution in [0.2, 0.25) is 5.02 Å². The maximum absolute atomic E-state index is 15.2. The van der Waals surface area contributed by atoms with E-state index in [2.05, 4.69) is 16.5 Å². The highest BCUT2D eigenvalue weighted by Gasteiger charge is 2.41. The topological polar surface area (TPSA) is 107 Å². The summed E-state index contributed by atoms with van der Waals surface area (Å²) in [4.78, 5) is 40.5. The van der Waals surface area contributed by atoms with Gasteiger partial charge in [0.25, 0.3) is 0 Å². The lowest BCUT2D eigenvalue weighted by Gasteiger charge is -2.48. The number of halogens is 2. The van der Waals surface area contributed by atoms with Crippen LogP contribution in [0.1, 0.15) is 37.9 Å². The first-order valence-electron chi connectivity index (χ1n) is 14.1. The number of hydrogen-bond acceptors (Lipinski definition) is 7. The third-order valence-electron chi connectivity index (χ3n) is 8.25. The Morgan fingerprint density at radius 1 is 1.26 bits per heavy atom. The fraction of sp³-hybridized carbons (Fsp3) is 0.312. The molecule has 1 aromatic carbocycles. The van der Waals surface area contributed by atoms with E-state index in [0.717, 1.165) is 5.56 Å². The zero-order valence-electron chi connectivity index (χ0n) is 24.4. The summed E-state index contributed by atoms with van der Waals surface area (Å²) in [5.74, 6) is -0.610. The molecular weight excluding hydrogens is 571 g/mol. The molecule has 2 unspecified atom stereocenters. The van der Waals surface area contributed by atoms with E-state index in [-0.39, 0.29) is 63.9 Å². The second-order valence-electron chi connectivity index (χ2n) is 11.4. The number of ether oxygens (including phenoxy) is 1. The van der Waals surface area contributed by atoms with E-state index in [1.807, 2.05) is 33.8 Å². The highest BCUT2D eigenvalue weighted by atomic mass is 35.5. The van der Waals surface area contributed by atoms with Crippen molar-refractivity contribution in [3.05, 3.63) is 81.6 Å². The summed E-state index contributed by atoms with van der Waals surface area (Å²) >= 11 is 6.85. The normalized spacial score (nSPS) is 17.9. The van der Waals surface area contributed by atoms with E-state index in [1.54, 1.807) is 23.2 Å². The predicted octanol–water partition coefficient (Wildman–Crippen LogP) is 5.24. The number of rotatable bonds is 4. The first-order valence-corrected chi connectivity index (χ1v) is 14.5. The number of amides is 1. The minimum atomic E-state index is -0.582. The van der Waals surface area contributed by atoms with E-state index in [9.17, 15) is 9.59 Å². The molecule has 222 valence electrons. The van der Waals surface area contributed by atoms with Crippen LogP contribution < -0.4 is 20.9 Å². The molecule has 0 bridgehead atoms. The van der Waals surface area contributed by atoms with E-state index < -0.39 is 11.4 Å². The van der Waals surface area contributed by atoms with Gasteiger partial charge in [-0.05, 0) is 55.7 Å². The summed E-state index contributed by atoms with van der Waals surface area (Å²) in [5, 5.41) is 0.718. The molecule has 0 radical (unpaired) electrons. The molecule has 43 heavy (non-hydrogen) atoms. The van der Waals surface area contributed by atoms with Gasteiger partial charge in [-0.1, -0.05) is 38.1 Å². The van der Waals surface area contributed by atoms with Gasteiger partial charge in [-0.25, -0.2) is 9.37 Å². The van der Waals surface area contributed by atoms with Gasteiger partial charge in [0.2, 0.25) is 11.7 Å². The fourth-order valence-corrected chi connectivity index (χ4v) is 6.42. The van der Waals surface area contributed by atoms with Gasteiger partial charge in [0.05, 0.1) is 39.4 Å². The van der Waals surface area contributed by atoms with Crippen molar-refractivity contribution < 1.29 is 13.9 Å². The van der Waals surface area contributed by atoms with E-state index in [1.165, 1.54) is 22.8 Å². The highest BCUT2D eigenvalue weighted by Crippen LogP contribution is 2.44. The van der Waals surface area contributed by atoms with Crippen LogP contribution in [0.4, 0.5) is 15.8 Å². The maximum Gasteiger partial charge on any atom is 0.301 e. The molecule has 11 heteroatoms. The molecular formula is C32H32ClFN6O3. The Bertz CT molecular complexity index is 1850. The van der Waals surface area contributed by atoms with E-state index in [4.69, 9.17) is 27.1 Å². The number of nitrogens with two attached hydrogens (primary N) is 1. The third-order valence-corrected chi connectivity index (χ3v) is 8.54. The van der Waals surface area contributed by atoms with Crippen LogP contribution in [0, 0.1) is 12.7 Å². The molecule has 1 fully saturated rings. The molecule has 6 rings (SSSR count). The van der Waals surface area contributed by atoms with Crippen molar-refractivity contribution in [1.29, 1.82) is 0 Å². The number of carbonyl (C=O) groups excluding carboxylic acids is 1. The summed E-state index contributed by atoms with van der Waals surface area (Å²) in [6.07, 6.45) is 3.02. The third kappa shape index (κ3) is 4.52. The lowest BCUT2D eigenvalue weighted by molar-refractivity contribution is -0.129. The summed E-state index contributed by atoms with van der Waals surface area (Å²) in [7, 11) is 0. The molecule has 2 N–H and O–H groups in total. The second kappa shape index (κ2) is 10.7. The number of fused-ring (bicyclic) bond motifs is 5. The van der Waals surface area contributed by atoms with Crippen molar-refractivity contribution in [2.45, 2.75) is 45.7 Å². The van der Waals surface area contributed by atoms with Gasteiger partial charge >= 0.3 is 5.56 Å². The van der Waals surface area contributed by atoms with Gasteiger partial charge in [-0.2, -0.15) is 0 Å². The number of benzene rings is 1. The number of piperazine rings is 1. The lowest BCUT2D eigenvalue weighted by atomic mass is 10.0. The molecule has 1 amide bonds. The van der Waals surface area contributed by atoms with Crippen LogP contribution in [0.25, 0.3) is 28.0 Å². The molecule has 2 aliphatic heterocycles. The molecule has 0 saturated carbocycles. The number of hydrogen-bond donors (Lipinski definition) is 1. The van der Waals surface area contributed by atoms with Crippen molar-refractivity contribution in [3.63, 3.8) is 0 Å². The largest absolute Gasteiger partial charge is 0.484 e. The maximum atomic E-state index is 15.2. The molecule has 1 saturated heterocycles. The van der Waals surface area contributed by atoms with Crippen LogP contribution >= 0.6 is 11.6 Å². The van der Waals surface area contributed by atoms with Crippen molar-refractivity contribution in [2.24, 2.45) is 0 Å². The number of pyridine rings is 3. The van der Waals surface area contributed by atoms with Crippen LogP contribution in [-0.2, 0) is 4.79 Å². The molecule has 9 nitrogen and oxygen atoms in total. The minimum Gasteiger partial charge on any atom is -0.484 e. The number of nitrogens with zero attached hydrogens (tertiary/aromatic N) is 5. The molecule has 4 aromatic rings. The monoisotopic (exact) mass is 602 g/mol. The number of aryl methyl sites for hydroxylation is 1. The number of aromatic nitrogens is 3. The molecule has 5 heterocycles. The Morgan fingerprint density at radius 3 is 2.72 bits per heavy atom. The first kappa shape index (κ1) is 28.7. The van der Waals surface area contributed by atoms with Gasteiger partial charge in [0, 0.05) is 36.4 Å². The van der Waals surface area contributed by atoms with Gasteiger partial charge in [-0.15, -0.1) is 0 Å². The average Bonchev–Trinajstić information content (AvgIpc) is 2.97.